The number of nitro groups is 1. The fourth-order valence-corrected chi connectivity index (χ4v) is 5.59. The first kappa shape index (κ1) is 20.1. The van der Waals surface area contributed by atoms with E-state index >= 15 is 0 Å². The number of hydrogen-bond donors (Lipinski definition) is 0. The van der Waals surface area contributed by atoms with Gasteiger partial charge in [0.2, 0.25) is 0 Å². The molecule has 2 aromatic heterocycles. The molecule has 31 heavy (non-hydrogen) atoms. The van der Waals surface area contributed by atoms with Crippen LogP contribution in [0, 0.1) is 10.1 Å². The third-order valence-electron chi connectivity index (χ3n) is 6.35. The zero-order valence-corrected chi connectivity index (χ0v) is 18.0. The molecular weight excluding hydrogens is 414 g/mol. The number of non-ortho nitro benzene ring substituents is 1. The summed E-state index contributed by atoms with van der Waals surface area (Å²) in [6.45, 7) is 3.45. The lowest BCUT2D eigenvalue weighted by Crippen LogP contribution is -2.48. The number of aromatic nitrogens is 4. The number of tetrazole rings is 1. The summed E-state index contributed by atoms with van der Waals surface area (Å²) in [6, 6.07) is 11.5. The summed E-state index contributed by atoms with van der Waals surface area (Å²) < 4.78 is 2.07. The largest absolute Gasteiger partial charge is 0.369 e. The Bertz CT molecular complexity index is 1010. The van der Waals surface area contributed by atoms with Gasteiger partial charge in [-0.25, -0.2) is 4.68 Å². The second kappa shape index (κ2) is 8.72. The van der Waals surface area contributed by atoms with Crippen LogP contribution in [0.2, 0.25) is 0 Å². The van der Waals surface area contributed by atoms with Crippen molar-refractivity contribution in [2.45, 2.75) is 37.8 Å². The number of hydrogen-bond acceptors (Lipinski definition) is 8. The molecular formula is C21H25N7O2S. The van der Waals surface area contributed by atoms with Gasteiger partial charge in [-0.3, -0.25) is 15.0 Å². The Morgan fingerprint density at radius 3 is 2.45 bits per heavy atom. The summed E-state index contributed by atoms with van der Waals surface area (Å²) in [5, 5.41) is 25.9. The highest BCUT2D eigenvalue weighted by atomic mass is 32.1. The van der Waals surface area contributed by atoms with Gasteiger partial charge in [-0.2, -0.15) is 0 Å². The molecule has 3 aromatic rings. The van der Waals surface area contributed by atoms with E-state index in [1.54, 1.807) is 23.5 Å². The van der Waals surface area contributed by atoms with Gasteiger partial charge in [-0.1, -0.05) is 18.9 Å². The van der Waals surface area contributed by atoms with Crippen LogP contribution in [0.1, 0.15) is 48.5 Å². The Hall–Kier alpha value is -2.85. The van der Waals surface area contributed by atoms with Crippen molar-refractivity contribution >= 4 is 22.7 Å². The molecule has 2 aliphatic rings. The molecule has 1 saturated carbocycles. The number of nitrogens with zero attached hydrogens (tertiary/aromatic N) is 7. The van der Waals surface area contributed by atoms with Crippen molar-refractivity contribution in [3.8, 4) is 0 Å². The molecule has 2 fully saturated rings. The normalized spacial score (nSPS) is 19.0. The summed E-state index contributed by atoms with van der Waals surface area (Å²) in [6.07, 6.45) is 4.76. The standard InChI is InChI=1S/C21H25N7O2S/c29-28(30)18-9-7-16(8-10-18)25-11-13-26(14-12-25)20(19-6-3-15-31-19)21-22-23-24-27(21)17-4-1-2-5-17/h3,6-10,15,17,20H,1-2,4-5,11-14H2/t20-/m0/s1. The predicted octanol–water partition coefficient (Wildman–Crippen LogP) is 3.67. The molecule has 1 aliphatic carbocycles. The van der Waals surface area contributed by atoms with Crippen LogP contribution in [0.4, 0.5) is 11.4 Å². The van der Waals surface area contributed by atoms with Gasteiger partial charge in [0.25, 0.3) is 5.69 Å². The van der Waals surface area contributed by atoms with Crippen LogP contribution < -0.4 is 4.90 Å². The van der Waals surface area contributed by atoms with E-state index in [2.05, 4.69) is 47.5 Å². The van der Waals surface area contributed by atoms with Gasteiger partial charge in [0.15, 0.2) is 5.82 Å². The van der Waals surface area contributed by atoms with Crippen LogP contribution >= 0.6 is 11.3 Å². The van der Waals surface area contributed by atoms with Crippen molar-refractivity contribution in [3.63, 3.8) is 0 Å². The molecule has 1 atom stereocenters. The topological polar surface area (TPSA) is 93.2 Å². The summed E-state index contributed by atoms with van der Waals surface area (Å²) in [7, 11) is 0. The molecule has 1 aliphatic heterocycles. The zero-order valence-electron chi connectivity index (χ0n) is 17.2. The minimum atomic E-state index is -0.359. The van der Waals surface area contributed by atoms with E-state index < -0.39 is 0 Å². The van der Waals surface area contributed by atoms with Crippen LogP contribution in [0.15, 0.2) is 41.8 Å². The van der Waals surface area contributed by atoms with E-state index in [1.807, 2.05) is 12.1 Å². The van der Waals surface area contributed by atoms with Gasteiger partial charge >= 0.3 is 0 Å². The summed E-state index contributed by atoms with van der Waals surface area (Å²) >= 11 is 1.75. The molecule has 5 rings (SSSR count). The number of piperazine rings is 1. The maximum absolute atomic E-state index is 10.9. The molecule has 1 aromatic carbocycles. The molecule has 1 saturated heterocycles. The van der Waals surface area contributed by atoms with Crippen molar-refractivity contribution in [1.29, 1.82) is 0 Å². The highest BCUT2D eigenvalue weighted by molar-refractivity contribution is 7.10. The molecule has 0 radical (unpaired) electrons. The SMILES string of the molecule is O=[N+]([O-])c1ccc(N2CCN([C@@H](c3cccs3)c3nnnn3C3CCCC3)CC2)cc1. The molecule has 0 unspecified atom stereocenters. The molecule has 0 N–H and O–H groups in total. The lowest BCUT2D eigenvalue weighted by atomic mass is 10.1. The van der Waals surface area contributed by atoms with Crippen molar-refractivity contribution in [1.82, 2.24) is 25.1 Å². The van der Waals surface area contributed by atoms with E-state index in [1.165, 1.54) is 17.7 Å². The molecule has 162 valence electrons. The summed E-state index contributed by atoms with van der Waals surface area (Å²) in [5.41, 5.74) is 1.15. The van der Waals surface area contributed by atoms with Gasteiger partial charge in [-0.15, -0.1) is 16.4 Å². The highest BCUT2D eigenvalue weighted by Crippen LogP contribution is 2.36. The average molecular weight is 440 g/mol. The highest BCUT2D eigenvalue weighted by Gasteiger charge is 2.33. The van der Waals surface area contributed by atoms with Crippen LogP contribution in [0.3, 0.4) is 0 Å². The predicted molar refractivity (Wildman–Crippen MR) is 118 cm³/mol. The number of rotatable bonds is 6. The molecule has 10 heteroatoms. The monoisotopic (exact) mass is 439 g/mol. The lowest BCUT2D eigenvalue weighted by molar-refractivity contribution is -0.384. The van der Waals surface area contributed by atoms with Crippen LogP contribution in [-0.4, -0.2) is 56.2 Å². The van der Waals surface area contributed by atoms with E-state index in [0.717, 1.165) is 50.5 Å². The molecule has 0 spiro atoms. The average Bonchev–Trinajstić information content (AvgIpc) is 3.57. The molecule has 0 amide bonds. The van der Waals surface area contributed by atoms with Crippen LogP contribution in [0.25, 0.3) is 0 Å². The minimum absolute atomic E-state index is 0.0506. The number of benzene rings is 1. The van der Waals surface area contributed by atoms with Crippen molar-refractivity contribution in [2.24, 2.45) is 0 Å². The van der Waals surface area contributed by atoms with Crippen molar-refractivity contribution < 1.29 is 4.92 Å². The van der Waals surface area contributed by atoms with Gasteiger partial charge in [-0.05, 0) is 46.8 Å². The Morgan fingerprint density at radius 1 is 1.06 bits per heavy atom. The molecule has 0 bridgehead atoms. The molecule has 3 heterocycles. The van der Waals surface area contributed by atoms with E-state index in [9.17, 15) is 10.1 Å². The number of nitro benzene ring substituents is 1. The Labute approximate surface area is 184 Å². The Morgan fingerprint density at radius 2 is 1.81 bits per heavy atom. The van der Waals surface area contributed by atoms with Gasteiger partial charge in [0, 0.05) is 48.9 Å². The first-order chi connectivity index (χ1) is 15.2. The summed E-state index contributed by atoms with van der Waals surface area (Å²) in [4.78, 5) is 16.6. The smallest absolute Gasteiger partial charge is 0.269 e. The number of anilines is 1. The maximum atomic E-state index is 10.9. The summed E-state index contributed by atoms with van der Waals surface area (Å²) in [5.74, 6) is 0.943. The fourth-order valence-electron chi connectivity index (χ4n) is 4.73. The quantitative estimate of drug-likeness (QED) is 0.427. The van der Waals surface area contributed by atoms with Crippen molar-refractivity contribution in [3.05, 3.63) is 62.6 Å². The Kier molecular flexibility index (Phi) is 5.65. The zero-order chi connectivity index (χ0) is 21.2. The second-order valence-corrected chi connectivity index (χ2v) is 9.11. The third kappa shape index (κ3) is 4.05. The maximum Gasteiger partial charge on any atom is 0.269 e. The van der Waals surface area contributed by atoms with Crippen LogP contribution in [0.5, 0.6) is 0 Å². The second-order valence-electron chi connectivity index (χ2n) is 8.13. The van der Waals surface area contributed by atoms with Gasteiger partial charge in [0.05, 0.1) is 11.0 Å². The van der Waals surface area contributed by atoms with E-state index in [-0.39, 0.29) is 16.7 Å². The van der Waals surface area contributed by atoms with Gasteiger partial charge in [0.1, 0.15) is 6.04 Å². The minimum Gasteiger partial charge on any atom is -0.369 e. The van der Waals surface area contributed by atoms with Crippen LogP contribution in [-0.2, 0) is 0 Å². The first-order valence-corrected chi connectivity index (χ1v) is 11.6. The lowest BCUT2D eigenvalue weighted by Gasteiger charge is -2.39. The number of thiophene rings is 1. The van der Waals surface area contributed by atoms with Gasteiger partial charge < -0.3 is 4.90 Å². The fraction of sp³-hybridized carbons (Fsp3) is 0.476. The van der Waals surface area contributed by atoms with E-state index in [4.69, 9.17) is 0 Å². The van der Waals surface area contributed by atoms with E-state index in [0.29, 0.717) is 6.04 Å². The molecule has 9 nitrogen and oxygen atoms in total. The first-order valence-electron chi connectivity index (χ1n) is 10.8. The third-order valence-corrected chi connectivity index (χ3v) is 7.28. The Balaban J connectivity index is 1.35. The van der Waals surface area contributed by atoms with Crippen molar-refractivity contribution in [2.75, 3.05) is 31.1 Å².